The van der Waals surface area contributed by atoms with Crippen molar-refractivity contribution in [3.05, 3.63) is 0 Å². The third-order valence-corrected chi connectivity index (χ3v) is 3.15. The summed E-state index contributed by atoms with van der Waals surface area (Å²) in [5, 5.41) is 3.49. The Labute approximate surface area is 91.5 Å². The van der Waals surface area contributed by atoms with Gasteiger partial charge in [0.05, 0.1) is 5.92 Å². The van der Waals surface area contributed by atoms with E-state index < -0.39 is 11.9 Å². The molecule has 0 aliphatic carbocycles. The standard InChI is InChI=1S/C9H14BrNO3/c1-6(5-10)8(12)14-9(13)7-3-2-4-11-7/h6-7,11H,2-5H2,1H3/t6?,7-/m0/s1. The normalized spacial score (nSPS) is 23.1. The van der Waals surface area contributed by atoms with Gasteiger partial charge in [-0.3, -0.25) is 4.79 Å². The van der Waals surface area contributed by atoms with Gasteiger partial charge in [0.1, 0.15) is 6.04 Å². The zero-order valence-electron chi connectivity index (χ0n) is 8.09. The summed E-state index contributed by atoms with van der Waals surface area (Å²) in [4.78, 5) is 22.6. The summed E-state index contributed by atoms with van der Waals surface area (Å²) in [7, 11) is 0. The van der Waals surface area contributed by atoms with E-state index in [4.69, 9.17) is 4.74 Å². The minimum Gasteiger partial charge on any atom is -0.392 e. The fourth-order valence-corrected chi connectivity index (χ4v) is 1.48. The Morgan fingerprint density at radius 1 is 1.64 bits per heavy atom. The fourth-order valence-electron chi connectivity index (χ4n) is 1.22. The largest absolute Gasteiger partial charge is 0.392 e. The maximum Gasteiger partial charge on any atom is 0.330 e. The van der Waals surface area contributed by atoms with E-state index in [2.05, 4.69) is 21.2 Å². The molecule has 0 spiro atoms. The van der Waals surface area contributed by atoms with Crippen molar-refractivity contribution in [1.82, 2.24) is 5.32 Å². The van der Waals surface area contributed by atoms with Crippen molar-refractivity contribution < 1.29 is 14.3 Å². The van der Waals surface area contributed by atoms with Gasteiger partial charge in [-0.1, -0.05) is 22.9 Å². The molecule has 1 unspecified atom stereocenters. The summed E-state index contributed by atoms with van der Waals surface area (Å²) in [6.07, 6.45) is 1.72. The van der Waals surface area contributed by atoms with Crippen molar-refractivity contribution in [2.24, 2.45) is 5.92 Å². The Morgan fingerprint density at radius 2 is 2.36 bits per heavy atom. The average Bonchev–Trinajstić information content (AvgIpc) is 2.69. The van der Waals surface area contributed by atoms with Crippen LogP contribution in [0.25, 0.3) is 0 Å². The van der Waals surface area contributed by atoms with Gasteiger partial charge in [0.15, 0.2) is 0 Å². The molecule has 1 fully saturated rings. The number of nitrogens with one attached hydrogen (secondary N) is 1. The Kier molecular flexibility index (Phi) is 4.54. The number of ether oxygens (including phenoxy) is 1. The molecule has 0 radical (unpaired) electrons. The lowest BCUT2D eigenvalue weighted by molar-refractivity contribution is -0.163. The lowest BCUT2D eigenvalue weighted by Gasteiger charge is -2.10. The minimum absolute atomic E-state index is 0.277. The van der Waals surface area contributed by atoms with Crippen LogP contribution in [0.3, 0.4) is 0 Å². The van der Waals surface area contributed by atoms with Crippen molar-refractivity contribution in [1.29, 1.82) is 0 Å². The fraction of sp³-hybridized carbons (Fsp3) is 0.778. The van der Waals surface area contributed by atoms with Crippen LogP contribution < -0.4 is 5.32 Å². The molecule has 1 saturated heterocycles. The Hall–Kier alpha value is -0.420. The zero-order valence-corrected chi connectivity index (χ0v) is 9.67. The summed E-state index contributed by atoms with van der Waals surface area (Å²) in [6.45, 7) is 2.54. The maximum absolute atomic E-state index is 11.4. The van der Waals surface area contributed by atoms with Crippen molar-refractivity contribution in [2.45, 2.75) is 25.8 Å². The van der Waals surface area contributed by atoms with Crippen LogP contribution in [-0.4, -0.2) is 29.9 Å². The third kappa shape index (κ3) is 3.06. The Morgan fingerprint density at radius 3 is 2.86 bits per heavy atom. The number of halogens is 1. The summed E-state index contributed by atoms with van der Waals surface area (Å²) in [5.74, 6) is -1.18. The van der Waals surface area contributed by atoms with Gasteiger partial charge in [-0.25, -0.2) is 4.79 Å². The Bertz CT molecular complexity index is 226. The summed E-state index contributed by atoms with van der Waals surface area (Å²) >= 11 is 3.16. The monoisotopic (exact) mass is 263 g/mol. The first kappa shape index (κ1) is 11.7. The van der Waals surface area contributed by atoms with Crippen LogP contribution >= 0.6 is 15.9 Å². The lowest BCUT2D eigenvalue weighted by atomic mass is 10.2. The molecule has 1 rings (SSSR count). The molecular formula is C9H14BrNO3. The molecule has 1 heterocycles. The number of carbonyl (C=O) groups excluding carboxylic acids is 2. The SMILES string of the molecule is CC(CBr)C(=O)OC(=O)[C@@H]1CCCN1. The molecule has 2 atom stereocenters. The molecule has 4 nitrogen and oxygen atoms in total. The first-order valence-electron chi connectivity index (χ1n) is 4.70. The van der Waals surface area contributed by atoms with Crippen LogP contribution in [0.1, 0.15) is 19.8 Å². The van der Waals surface area contributed by atoms with Crippen LogP contribution in [0.4, 0.5) is 0 Å². The van der Waals surface area contributed by atoms with Crippen LogP contribution in [0.15, 0.2) is 0 Å². The molecule has 0 aromatic carbocycles. The van der Waals surface area contributed by atoms with E-state index in [-0.39, 0.29) is 12.0 Å². The van der Waals surface area contributed by atoms with Crippen LogP contribution in [0.5, 0.6) is 0 Å². The molecule has 1 aliphatic rings. The quantitative estimate of drug-likeness (QED) is 0.466. The lowest BCUT2D eigenvalue weighted by Crippen LogP contribution is -2.35. The zero-order chi connectivity index (χ0) is 10.6. The van der Waals surface area contributed by atoms with Gasteiger partial charge in [-0.05, 0) is 19.4 Å². The van der Waals surface area contributed by atoms with Crippen LogP contribution in [0, 0.1) is 5.92 Å². The molecule has 0 amide bonds. The van der Waals surface area contributed by atoms with Gasteiger partial charge in [0.25, 0.3) is 0 Å². The van der Waals surface area contributed by atoms with Gasteiger partial charge in [-0.15, -0.1) is 0 Å². The molecule has 14 heavy (non-hydrogen) atoms. The molecule has 0 aromatic rings. The second-order valence-corrected chi connectivity index (χ2v) is 4.09. The third-order valence-electron chi connectivity index (χ3n) is 2.18. The van der Waals surface area contributed by atoms with Crippen molar-refractivity contribution in [2.75, 3.05) is 11.9 Å². The van der Waals surface area contributed by atoms with Gasteiger partial charge < -0.3 is 10.1 Å². The van der Waals surface area contributed by atoms with E-state index in [0.717, 1.165) is 19.4 Å². The van der Waals surface area contributed by atoms with E-state index in [1.165, 1.54) is 0 Å². The molecular weight excluding hydrogens is 250 g/mol. The topological polar surface area (TPSA) is 55.4 Å². The van der Waals surface area contributed by atoms with Gasteiger partial charge in [0.2, 0.25) is 0 Å². The van der Waals surface area contributed by atoms with E-state index in [1.807, 2.05) is 0 Å². The predicted molar refractivity (Wildman–Crippen MR) is 55.1 cm³/mol. The minimum atomic E-state index is -0.458. The average molecular weight is 264 g/mol. The van der Waals surface area contributed by atoms with Crippen LogP contribution in [-0.2, 0) is 14.3 Å². The first-order chi connectivity index (χ1) is 6.65. The van der Waals surface area contributed by atoms with Gasteiger partial charge in [-0.2, -0.15) is 0 Å². The second-order valence-electron chi connectivity index (χ2n) is 3.44. The van der Waals surface area contributed by atoms with Crippen molar-refractivity contribution in [3.8, 4) is 0 Å². The molecule has 1 aliphatic heterocycles. The smallest absolute Gasteiger partial charge is 0.330 e. The molecule has 1 N–H and O–H groups in total. The second kappa shape index (κ2) is 5.46. The highest BCUT2D eigenvalue weighted by Crippen LogP contribution is 2.09. The van der Waals surface area contributed by atoms with Gasteiger partial charge >= 0.3 is 11.9 Å². The molecule has 5 heteroatoms. The number of hydrogen-bond donors (Lipinski definition) is 1. The number of carbonyl (C=O) groups is 2. The molecule has 80 valence electrons. The highest BCUT2D eigenvalue weighted by Gasteiger charge is 2.26. The summed E-state index contributed by atoms with van der Waals surface area (Å²) in [6, 6.07) is -0.290. The highest BCUT2D eigenvalue weighted by molar-refractivity contribution is 9.09. The maximum atomic E-state index is 11.4. The van der Waals surface area contributed by atoms with Crippen molar-refractivity contribution >= 4 is 27.9 Å². The van der Waals surface area contributed by atoms with E-state index in [0.29, 0.717) is 5.33 Å². The first-order valence-corrected chi connectivity index (χ1v) is 5.82. The van der Waals surface area contributed by atoms with E-state index in [1.54, 1.807) is 6.92 Å². The number of hydrogen-bond acceptors (Lipinski definition) is 4. The van der Waals surface area contributed by atoms with Gasteiger partial charge in [0, 0.05) is 5.33 Å². The Balaban J connectivity index is 2.35. The summed E-state index contributed by atoms with van der Waals surface area (Å²) < 4.78 is 4.72. The van der Waals surface area contributed by atoms with E-state index >= 15 is 0 Å². The molecule has 0 saturated carbocycles. The number of rotatable bonds is 3. The molecule has 0 aromatic heterocycles. The number of esters is 2. The van der Waals surface area contributed by atoms with Crippen molar-refractivity contribution in [3.63, 3.8) is 0 Å². The number of alkyl halides is 1. The van der Waals surface area contributed by atoms with Crippen LogP contribution in [0.2, 0.25) is 0 Å². The summed E-state index contributed by atoms with van der Waals surface area (Å²) in [5.41, 5.74) is 0. The predicted octanol–water partition coefficient (Wildman–Crippen LogP) is 0.839. The highest BCUT2D eigenvalue weighted by atomic mass is 79.9. The van der Waals surface area contributed by atoms with E-state index in [9.17, 15) is 9.59 Å². The molecule has 0 bridgehead atoms.